The number of aliphatic hydroxyl groups excluding tert-OH is 1. The van der Waals surface area contributed by atoms with Crippen molar-refractivity contribution >= 4 is 45.4 Å². The summed E-state index contributed by atoms with van der Waals surface area (Å²) in [4.78, 5) is 63.0. The average Bonchev–Trinajstić information content (AvgIpc) is 1.42. The van der Waals surface area contributed by atoms with E-state index in [1.165, 1.54) is 53.6 Å². The number of aromatic hydroxyl groups is 1. The molecule has 22 heteroatoms. The zero-order chi connectivity index (χ0) is 61.6. The third-order valence-corrected chi connectivity index (χ3v) is 16.9. The van der Waals surface area contributed by atoms with Crippen LogP contribution in [0, 0.1) is 47.4 Å². The number of hydrogen-bond acceptors (Lipinski definition) is 15. The van der Waals surface area contributed by atoms with Gasteiger partial charge in [0.15, 0.2) is 11.6 Å². The van der Waals surface area contributed by atoms with Gasteiger partial charge < -0.3 is 44.1 Å². The van der Waals surface area contributed by atoms with Crippen molar-refractivity contribution in [3.05, 3.63) is 119 Å². The Labute approximate surface area is 500 Å². The summed E-state index contributed by atoms with van der Waals surface area (Å²) in [5.41, 5.74) is -0.178. The smallest absolute Gasteiger partial charge is 0.410 e. The number of hydrogen-bond donors (Lipinski definition) is 3. The zero-order valence-electron chi connectivity index (χ0n) is 49.2. The number of β-amino-alcohol motifs (C(OH)–C–C–N with tert-alkyl or cyclic N) is 1. The predicted octanol–water partition coefficient (Wildman–Crippen LogP) is 10.1. The summed E-state index contributed by atoms with van der Waals surface area (Å²) in [7, 11) is 0. The van der Waals surface area contributed by atoms with E-state index in [2.05, 4.69) is 31.3 Å². The van der Waals surface area contributed by atoms with Gasteiger partial charge in [-0.15, -0.1) is 6.42 Å². The highest BCUT2D eigenvalue weighted by molar-refractivity contribution is 6.03. The quantitative estimate of drug-likeness (QED) is 0.0607. The maximum absolute atomic E-state index is 17.3. The number of phenols is 1. The Bertz CT molecular complexity index is 3760. The molecule has 7 aromatic rings. The Hall–Kier alpha value is -8.55. The highest BCUT2D eigenvalue weighted by atomic mass is 19.1. The van der Waals surface area contributed by atoms with Gasteiger partial charge in [0, 0.05) is 55.8 Å². The van der Waals surface area contributed by atoms with Gasteiger partial charge in [-0.05, 0) is 130 Å². The van der Waals surface area contributed by atoms with E-state index >= 15 is 8.78 Å². The normalized spacial score (nSPS) is 19.8. The third-order valence-electron chi connectivity index (χ3n) is 16.9. The summed E-state index contributed by atoms with van der Waals surface area (Å²) >= 11 is 0. The van der Waals surface area contributed by atoms with E-state index in [1.54, 1.807) is 42.2 Å². The molecular formula is C65H69F4N9O9. The number of piperazine rings is 1. The van der Waals surface area contributed by atoms with Gasteiger partial charge in [0.05, 0.1) is 47.3 Å². The molecule has 0 aliphatic carbocycles. The molecule has 3 aromatic heterocycles. The summed E-state index contributed by atoms with van der Waals surface area (Å²) in [5.74, 6) is -1.76. The monoisotopic (exact) mass is 1200 g/mol. The van der Waals surface area contributed by atoms with Gasteiger partial charge in [-0.1, -0.05) is 56.2 Å². The first-order chi connectivity index (χ1) is 41.6. The van der Waals surface area contributed by atoms with Gasteiger partial charge in [0.2, 0.25) is 11.8 Å². The minimum absolute atomic E-state index is 0.0269. The maximum Gasteiger partial charge on any atom is 0.410 e. The Morgan fingerprint density at radius 1 is 0.885 bits per heavy atom. The molecule has 87 heavy (non-hydrogen) atoms. The van der Waals surface area contributed by atoms with Crippen molar-refractivity contribution in [2.45, 2.75) is 115 Å². The van der Waals surface area contributed by atoms with Crippen molar-refractivity contribution in [2.75, 3.05) is 57.4 Å². The zero-order valence-corrected chi connectivity index (χ0v) is 49.2. The largest absolute Gasteiger partial charge is 0.508 e. The summed E-state index contributed by atoms with van der Waals surface area (Å²) in [5, 5.41) is 29.5. The van der Waals surface area contributed by atoms with Crippen molar-refractivity contribution in [3.63, 3.8) is 0 Å². The summed E-state index contributed by atoms with van der Waals surface area (Å²) in [6.45, 7) is 14.0. The molecule has 0 radical (unpaired) electrons. The van der Waals surface area contributed by atoms with Gasteiger partial charge in [-0.25, -0.2) is 22.4 Å². The minimum Gasteiger partial charge on any atom is -0.508 e. The second kappa shape index (κ2) is 24.7. The number of nitrogens with one attached hydrogen (secondary N) is 1. The lowest BCUT2D eigenvalue weighted by atomic mass is 9.91. The van der Waals surface area contributed by atoms with Crippen LogP contribution < -0.4 is 19.7 Å². The predicted molar refractivity (Wildman–Crippen MR) is 316 cm³/mol. The topological polar surface area (TPSA) is 209 Å². The average molecular weight is 1200 g/mol. The number of halogens is 4. The Morgan fingerprint density at radius 2 is 1.60 bits per heavy atom. The first-order valence-corrected chi connectivity index (χ1v) is 29.4. The lowest BCUT2D eigenvalue weighted by molar-refractivity contribution is -0.141. The van der Waals surface area contributed by atoms with Crippen LogP contribution >= 0.6 is 0 Å². The Balaban J connectivity index is 0.722. The molecule has 6 atom stereocenters. The van der Waals surface area contributed by atoms with Crippen molar-refractivity contribution in [1.82, 2.24) is 40.1 Å². The highest BCUT2D eigenvalue weighted by Gasteiger charge is 2.46. The highest BCUT2D eigenvalue weighted by Crippen LogP contribution is 2.41. The molecule has 7 heterocycles. The summed E-state index contributed by atoms with van der Waals surface area (Å²) < 4.78 is 85.4. The fraction of sp³-hybridized carbons (Fsp3) is 0.431. The Morgan fingerprint density at radius 3 is 2.28 bits per heavy atom. The molecule has 3 amide bonds. The third kappa shape index (κ3) is 12.5. The molecule has 11 rings (SSSR count). The number of rotatable bonds is 16. The van der Waals surface area contributed by atoms with Crippen LogP contribution in [0.2, 0.25) is 0 Å². The number of anilines is 1. The van der Waals surface area contributed by atoms with Crippen LogP contribution in [0.15, 0.2) is 83.5 Å². The van der Waals surface area contributed by atoms with Gasteiger partial charge in [0.25, 0.3) is 5.88 Å². The number of amides is 3. The van der Waals surface area contributed by atoms with Crippen molar-refractivity contribution in [1.29, 1.82) is 0 Å². The van der Waals surface area contributed by atoms with Gasteiger partial charge in [-0.2, -0.15) is 9.97 Å². The molecule has 4 aliphatic heterocycles. The number of piperidine rings is 1. The molecule has 456 valence electrons. The first-order valence-electron chi connectivity index (χ1n) is 29.4. The number of phenolic OH excluding ortho intramolecular Hbond substituents is 1. The van der Waals surface area contributed by atoms with E-state index in [-0.39, 0.29) is 106 Å². The van der Waals surface area contributed by atoms with Crippen molar-refractivity contribution < 1.29 is 60.9 Å². The lowest BCUT2D eigenvalue weighted by Gasteiger charge is -2.42. The van der Waals surface area contributed by atoms with Crippen LogP contribution in [0.3, 0.4) is 0 Å². The summed E-state index contributed by atoms with van der Waals surface area (Å²) in [6.07, 6.45) is 8.95. The number of nitrogens with zero attached hydrogens (tertiary/aromatic N) is 8. The van der Waals surface area contributed by atoms with Crippen LogP contribution in [0.1, 0.15) is 102 Å². The van der Waals surface area contributed by atoms with Crippen LogP contribution in [-0.4, -0.2) is 145 Å². The molecule has 2 unspecified atom stereocenters. The van der Waals surface area contributed by atoms with Crippen LogP contribution in [-0.2, 0) is 14.3 Å². The molecule has 4 aromatic carbocycles. The minimum atomic E-state index is -0.977. The number of terminal acetylenes is 1. The second-order valence-corrected chi connectivity index (χ2v) is 24.4. The molecule has 0 spiro atoms. The molecule has 4 fully saturated rings. The number of likely N-dealkylation sites (tertiary alicyclic amines) is 2. The molecule has 4 saturated heterocycles. The number of aliphatic hydroxyl groups is 1. The van der Waals surface area contributed by atoms with E-state index in [4.69, 9.17) is 30.1 Å². The molecule has 4 aliphatic rings. The number of ether oxygens (including phenoxy) is 3. The van der Waals surface area contributed by atoms with Crippen LogP contribution in [0.25, 0.3) is 44.1 Å². The number of carbonyl (C=O) groups excluding carboxylic acids is 3. The fourth-order valence-electron chi connectivity index (χ4n) is 12.6. The van der Waals surface area contributed by atoms with Crippen molar-refractivity contribution in [2.24, 2.45) is 11.8 Å². The van der Waals surface area contributed by atoms with Gasteiger partial charge >= 0.3 is 12.1 Å². The van der Waals surface area contributed by atoms with Gasteiger partial charge in [-0.3, -0.25) is 24.4 Å². The van der Waals surface area contributed by atoms with E-state index < -0.39 is 70.9 Å². The van der Waals surface area contributed by atoms with Crippen molar-refractivity contribution in [3.8, 4) is 52.4 Å². The maximum atomic E-state index is 17.3. The standard InChI is InChI=1S/C65H69F4N9O9/c1-8-45-48(66)19-16-40-26-43(79)27-46(55(40)45)58-57(69)59-47(30-70-58)60(76-31-41-17-18-42(32-76)78(41)64(83)86-65(5,6)7)73-63(72-59)84-25-24-75-22-20-37(21-23-75)34-85-53-29-52(87-74-53)54(35(2)3)62(82)77-33-44(80)28-51(77)61(81)71-36(4)38-12-14-39(15-13-38)56-49(67)10-9-11-50(56)68/h1,9-16,19,26-27,29-30,35-37,41-42,44,51,54,79-80H,17-18,20-25,28,31-34H2,2-7H3,(H,71,81)/t36-,41?,42?,44+,51-,54+/m0/s1. The molecular weight excluding hydrogens is 1130 g/mol. The molecule has 0 saturated carbocycles. The van der Waals surface area contributed by atoms with E-state index in [9.17, 15) is 33.4 Å². The lowest BCUT2D eigenvalue weighted by Crippen LogP contribution is -2.57. The summed E-state index contributed by atoms with van der Waals surface area (Å²) in [6, 6.07) is 15.1. The van der Waals surface area contributed by atoms with E-state index in [1.807, 2.05) is 39.5 Å². The number of pyridine rings is 1. The van der Waals surface area contributed by atoms with E-state index in [0.29, 0.717) is 61.7 Å². The molecule has 3 N–H and O–H groups in total. The SMILES string of the molecule is C#Cc1c(F)ccc2cc(O)cc(-c3ncc4c(N5CC6CCC(C5)N6C(=O)OC(C)(C)C)nc(OCCN5CCC(COc6cc([C@H](C(=O)N7C[C@H](O)C[C@H]7C(=O)N[C@@H](C)c7ccc(-c8c(F)cccc8F)cc7)C(C)C)on6)CC5)nc4c3F)c12. The second-order valence-electron chi connectivity index (χ2n) is 24.4. The number of aromatic nitrogens is 4. The number of benzene rings is 4. The van der Waals surface area contributed by atoms with Crippen LogP contribution in [0.5, 0.6) is 17.6 Å². The fourth-order valence-corrected chi connectivity index (χ4v) is 12.6. The molecule has 2 bridgehead atoms. The first kappa shape index (κ1) is 60.2. The Kier molecular flexibility index (Phi) is 17.1. The number of carbonyl (C=O) groups is 3. The molecule has 18 nitrogen and oxygen atoms in total. The van der Waals surface area contributed by atoms with E-state index in [0.717, 1.165) is 25.7 Å². The van der Waals surface area contributed by atoms with Crippen LogP contribution in [0.4, 0.5) is 28.2 Å². The number of fused-ring (bicyclic) bond motifs is 4. The van der Waals surface area contributed by atoms with Gasteiger partial charge in [0.1, 0.15) is 64.4 Å².